The molecule has 0 radical (unpaired) electrons. The van der Waals surface area contributed by atoms with Crippen molar-refractivity contribution in [2.45, 2.75) is 97.0 Å². The number of fused-ring (bicyclic) bond motifs is 8. The molecule has 5 aliphatic rings. The zero-order valence-corrected chi connectivity index (χ0v) is 42.5. The highest BCUT2D eigenvalue weighted by Crippen LogP contribution is 2.57. The number of phenols is 1. The van der Waals surface area contributed by atoms with E-state index in [-0.39, 0.29) is 55.5 Å². The van der Waals surface area contributed by atoms with Crippen LogP contribution in [-0.2, 0) is 51.1 Å². The largest absolute Gasteiger partial charge is 0.508 e. The number of aromatic nitrogens is 2. The molecule has 6 atom stereocenters. The van der Waals surface area contributed by atoms with Crippen LogP contribution >= 0.6 is 0 Å². The molecule has 3 fully saturated rings. The van der Waals surface area contributed by atoms with E-state index in [2.05, 4.69) is 71.0 Å². The van der Waals surface area contributed by atoms with E-state index >= 15 is 0 Å². The number of rotatable bonds is 8. The molecule has 3 saturated heterocycles. The topological polar surface area (TPSA) is 188 Å². The zero-order valence-electron chi connectivity index (χ0n) is 42.5. The van der Waals surface area contributed by atoms with Crippen molar-refractivity contribution in [1.82, 2.24) is 40.0 Å². The highest BCUT2D eigenvalue weighted by molar-refractivity contribution is 5.98. The minimum Gasteiger partial charge on any atom is -0.508 e. The quantitative estimate of drug-likeness (QED) is 0.164. The number of phenolic OH excluding ortho intramolecular Hbond substituents is 1. The zero-order chi connectivity index (χ0) is 51.0. The number of ether oxygens (including phenoxy) is 3. The Morgan fingerprint density at radius 2 is 1.83 bits per heavy atom. The second-order valence-corrected chi connectivity index (χ2v) is 20.9. The van der Waals surface area contributed by atoms with Crippen LogP contribution in [0.1, 0.15) is 82.7 Å². The molecule has 2 aromatic carbocycles. The van der Waals surface area contributed by atoms with Gasteiger partial charge in [-0.1, -0.05) is 45.7 Å². The number of aromatic hydroxyl groups is 1. The number of hydrazine groups is 1. The number of amides is 4. The molecule has 4 aromatic rings. The minimum absolute atomic E-state index is 0.0161. The van der Waals surface area contributed by atoms with Crippen molar-refractivity contribution < 1.29 is 43.3 Å². The Hall–Kier alpha value is -6.32. The summed E-state index contributed by atoms with van der Waals surface area (Å²) in [5.74, 6) is 2.34. The van der Waals surface area contributed by atoms with Gasteiger partial charge in [0.2, 0.25) is 11.8 Å². The van der Waals surface area contributed by atoms with E-state index in [0.29, 0.717) is 63.2 Å². The first-order valence-electron chi connectivity index (χ1n) is 25.4. The van der Waals surface area contributed by atoms with Crippen LogP contribution in [0.3, 0.4) is 0 Å². The Bertz CT molecular complexity index is 2810. The van der Waals surface area contributed by atoms with Crippen LogP contribution < -0.4 is 10.7 Å². The van der Waals surface area contributed by atoms with Gasteiger partial charge in [0.1, 0.15) is 30.0 Å². The number of likely N-dealkylation sites (tertiary alicyclic amines) is 1. The van der Waals surface area contributed by atoms with Crippen LogP contribution in [0.5, 0.6) is 5.75 Å². The van der Waals surface area contributed by atoms with Gasteiger partial charge in [-0.2, -0.15) is 0 Å². The van der Waals surface area contributed by atoms with Crippen molar-refractivity contribution in [3.8, 4) is 40.0 Å². The smallest absolute Gasteiger partial charge is 0.324 e. The average Bonchev–Trinajstić information content (AvgIpc) is 4.00. The molecule has 3 N–H and O–H groups in total. The summed E-state index contributed by atoms with van der Waals surface area (Å²) in [4.78, 5) is 81.1. The van der Waals surface area contributed by atoms with Crippen LogP contribution in [0.25, 0.3) is 33.3 Å². The Morgan fingerprint density at radius 3 is 2.58 bits per heavy atom. The molecule has 1 unspecified atom stereocenters. The number of morpholine rings is 1. The van der Waals surface area contributed by atoms with Gasteiger partial charge in [-0.15, -0.1) is 0 Å². The van der Waals surface area contributed by atoms with E-state index in [0.717, 1.165) is 52.1 Å². The lowest BCUT2D eigenvalue weighted by molar-refractivity contribution is -0.156. The number of carbonyl (C=O) groups excluding carboxylic acids is 5. The molecule has 6 heterocycles. The molecule has 382 valence electrons. The third-order valence-electron chi connectivity index (χ3n) is 15.3. The third kappa shape index (κ3) is 9.94. The normalized spacial score (nSPS) is 23.6. The third-order valence-corrected chi connectivity index (χ3v) is 15.3. The van der Waals surface area contributed by atoms with Crippen molar-refractivity contribution in [3.63, 3.8) is 0 Å². The maximum absolute atomic E-state index is 14.9. The molecule has 0 saturated carbocycles. The molecule has 0 spiro atoms. The molecule has 4 amide bonds. The standard InChI is InChI=1S/C55H68N8O9/c1-8-62-43-16-15-35-30-40(43)45-46(50(70-7)47-39(49(45)62)12-9-18-56-47)55(4,5)32-72-54(69)41-13-10-20-63(58-41)53(68)42(28-34-26-37(35)29-38(64)27-34)57-51(66)48(33(2)3)59(6)52(67)36-17-21-61(31-36)44(65)14-11-19-60-22-24-71-25-23-60/h9,12,15-16,18,26-27,29-30,33,36,41-42,46,48,50,58,64H,8,10,13,17,19-25,28,31-32H2,1-7H3,(H,57,66)/t36-,41-,42-,46?,48-,50-/m0/s1. The van der Waals surface area contributed by atoms with Gasteiger partial charge in [0.05, 0.1) is 43.7 Å². The molecule has 9 rings (SSSR count). The first-order valence-corrected chi connectivity index (χ1v) is 25.4. The molecule has 17 nitrogen and oxygen atoms in total. The molecule has 2 aromatic heterocycles. The van der Waals surface area contributed by atoms with Crippen LogP contribution in [0, 0.1) is 29.1 Å². The molecular formula is C55H68N8O9. The summed E-state index contributed by atoms with van der Waals surface area (Å²) in [6.07, 6.45) is 2.62. The van der Waals surface area contributed by atoms with Crippen LogP contribution in [0.4, 0.5) is 0 Å². The number of methoxy groups -OCH3 is 1. The monoisotopic (exact) mass is 985 g/mol. The Labute approximate surface area is 421 Å². The fourth-order valence-corrected chi connectivity index (χ4v) is 11.7. The summed E-state index contributed by atoms with van der Waals surface area (Å²) in [6, 6.07) is 12.5. The number of likely N-dealkylation sites (N-methyl/N-ethyl adjacent to an activating group) is 1. The Balaban J connectivity index is 1.04. The van der Waals surface area contributed by atoms with Gasteiger partial charge in [0.25, 0.3) is 11.8 Å². The maximum atomic E-state index is 14.9. The highest BCUT2D eigenvalue weighted by atomic mass is 16.5. The fraction of sp³-hybridized carbons (Fsp3) is 0.527. The lowest BCUT2D eigenvalue weighted by Gasteiger charge is -2.42. The maximum Gasteiger partial charge on any atom is 0.324 e. The van der Waals surface area contributed by atoms with E-state index in [1.807, 2.05) is 32.0 Å². The minimum atomic E-state index is -1.18. The van der Waals surface area contributed by atoms with Crippen LogP contribution in [0.15, 0.2) is 54.7 Å². The highest BCUT2D eigenvalue weighted by Gasteiger charge is 2.48. The number of esters is 1. The number of hydrogen-bond acceptors (Lipinski definition) is 12. The van der Waals surface area contributed by atoms with Gasteiger partial charge >= 0.3 is 5.97 Å². The van der Waals surface area contributed by atoms with Crippen LogP contribution in [-0.4, -0.2) is 155 Å². The number of hydrogen-bond donors (Lipinski definition) is 3. The number of aryl methyl sites for hydroxylation is 1. The van der Waals surface area contributed by atoms with Gasteiger partial charge in [-0.3, -0.25) is 38.9 Å². The summed E-state index contributed by atoms with van der Waals surface area (Å²) in [5.41, 5.74) is 9.46. The first kappa shape index (κ1) is 50.6. The van der Waals surface area contributed by atoms with Crippen molar-refractivity contribution in [1.29, 1.82) is 0 Å². The number of carbonyl (C=O) groups is 5. The number of pyridine rings is 1. The summed E-state index contributed by atoms with van der Waals surface area (Å²) in [5, 5.41) is 16.8. The van der Waals surface area contributed by atoms with E-state index in [4.69, 9.17) is 19.2 Å². The average molecular weight is 985 g/mol. The van der Waals surface area contributed by atoms with Crippen molar-refractivity contribution in [3.05, 3.63) is 71.5 Å². The van der Waals surface area contributed by atoms with Gasteiger partial charge < -0.3 is 39.0 Å². The first-order chi connectivity index (χ1) is 34.6. The molecular weight excluding hydrogens is 917 g/mol. The number of nitrogens with one attached hydrogen (secondary N) is 2. The van der Waals surface area contributed by atoms with Gasteiger partial charge in [0.15, 0.2) is 0 Å². The van der Waals surface area contributed by atoms with Gasteiger partial charge in [-0.25, -0.2) is 5.43 Å². The van der Waals surface area contributed by atoms with E-state index in [1.54, 1.807) is 37.4 Å². The second kappa shape index (κ2) is 21.0. The molecule has 72 heavy (non-hydrogen) atoms. The number of cyclic esters (lactones) is 1. The summed E-state index contributed by atoms with van der Waals surface area (Å²) >= 11 is 0. The lowest BCUT2D eigenvalue weighted by atomic mass is 9.67. The van der Waals surface area contributed by atoms with Crippen LogP contribution in [0.2, 0.25) is 0 Å². The van der Waals surface area contributed by atoms with Crippen molar-refractivity contribution >= 4 is 40.5 Å². The molecule has 1 aliphatic carbocycles. The van der Waals surface area contributed by atoms with E-state index in [1.165, 1.54) is 9.91 Å². The summed E-state index contributed by atoms with van der Waals surface area (Å²) in [6.45, 7) is 14.7. The van der Waals surface area contributed by atoms with E-state index < -0.39 is 53.3 Å². The second-order valence-electron chi connectivity index (χ2n) is 20.9. The van der Waals surface area contributed by atoms with E-state index in [9.17, 15) is 29.1 Å². The predicted octanol–water partition coefficient (Wildman–Crippen LogP) is 4.65. The Morgan fingerprint density at radius 1 is 1.04 bits per heavy atom. The van der Waals surface area contributed by atoms with Gasteiger partial charge in [-0.05, 0) is 96.7 Å². The molecule has 6 bridgehead atoms. The number of nitrogens with zero attached hydrogens (tertiary/aromatic N) is 6. The molecule has 17 heteroatoms. The lowest BCUT2D eigenvalue weighted by Crippen LogP contribution is -2.62. The fourth-order valence-electron chi connectivity index (χ4n) is 11.7. The number of benzene rings is 2. The Kier molecular flexibility index (Phi) is 14.8. The van der Waals surface area contributed by atoms with Crippen molar-refractivity contribution in [2.24, 2.45) is 17.3 Å². The predicted molar refractivity (Wildman–Crippen MR) is 270 cm³/mol. The molecule has 4 aliphatic heterocycles. The summed E-state index contributed by atoms with van der Waals surface area (Å²) in [7, 11) is 3.28. The summed E-state index contributed by atoms with van der Waals surface area (Å²) < 4.78 is 20.3. The SMILES string of the molecule is CCn1c2c3c4cc(ccc41)-c1cc(O)cc(c1)C[C@H](NC(=O)[C@H](C(C)C)N(C)C(=O)[C@H]1CCN(C(=O)C#CCN4CCOCC4)C1)C(=O)N1CCC[C@H](N1)C(=O)OCC(C)(C)C3[C@H](OC)c1ncccc1-2. The van der Waals surface area contributed by atoms with Crippen molar-refractivity contribution in [2.75, 3.05) is 73.2 Å². The van der Waals surface area contributed by atoms with Gasteiger partial charge in [0, 0.05) is 93.8 Å².